The van der Waals surface area contributed by atoms with Gasteiger partial charge >= 0.3 is 0 Å². The van der Waals surface area contributed by atoms with Crippen LogP contribution in [0.5, 0.6) is 0 Å². The fourth-order valence-corrected chi connectivity index (χ4v) is 5.62. The van der Waals surface area contributed by atoms with Crippen LogP contribution < -0.4 is 5.32 Å². The molecule has 26 heavy (non-hydrogen) atoms. The minimum atomic E-state index is -3.33. The van der Waals surface area contributed by atoms with Crippen molar-refractivity contribution in [2.24, 2.45) is 5.92 Å². The van der Waals surface area contributed by atoms with Gasteiger partial charge in [-0.05, 0) is 38.2 Å². The minimum Gasteiger partial charge on any atom is -0.353 e. The van der Waals surface area contributed by atoms with Gasteiger partial charge in [-0.1, -0.05) is 49.1 Å². The van der Waals surface area contributed by atoms with E-state index < -0.39 is 10.0 Å². The van der Waals surface area contributed by atoms with Gasteiger partial charge < -0.3 is 5.32 Å². The molecule has 1 saturated carbocycles. The maximum atomic E-state index is 12.7. The van der Waals surface area contributed by atoms with Crippen LogP contribution in [0.15, 0.2) is 24.3 Å². The van der Waals surface area contributed by atoms with Crippen molar-refractivity contribution in [3.8, 4) is 0 Å². The Morgan fingerprint density at radius 3 is 2.46 bits per heavy atom. The molecule has 1 aromatic rings. The number of carbonyl (C=O) groups excluding carboxylic acids is 1. The van der Waals surface area contributed by atoms with Crippen LogP contribution in [0.1, 0.15) is 56.1 Å². The van der Waals surface area contributed by atoms with Crippen LogP contribution in [0.25, 0.3) is 0 Å². The van der Waals surface area contributed by atoms with Gasteiger partial charge in [0, 0.05) is 25.0 Å². The van der Waals surface area contributed by atoms with Crippen LogP contribution >= 0.6 is 0 Å². The molecule has 1 N–H and O–H groups in total. The van der Waals surface area contributed by atoms with Gasteiger partial charge in [-0.25, -0.2) is 12.7 Å². The molecule has 6 heteroatoms. The lowest BCUT2D eigenvalue weighted by molar-refractivity contribution is -0.127. The second kappa shape index (κ2) is 8.53. The quantitative estimate of drug-likeness (QED) is 0.856. The molecule has 3 rings (SSSR count). The summed E-state index contributed by atoms with van der Waals surface area (Å²) in [7, 11) is -3.33. The largest absolute Gasteiger partial charge is 0.353 e. The number of benzene rings is 1. The number of hydrogen-bond acceptors (Lipinski definition) is 3. The second-order valence-electron chi connectivity index (χ2n) is 7.76. The zero-order valence-corrected chi connectivity index (χ0v) is 16.4. The Bertz CT molecular complexity index is 718. The number of carbonyl (C=O) groups is 1. The number of piperidine rings is 1. The van der Waals surface area contributed by atoms with Gasteiger partial charge in [0.25, 0.3) is 0 Å². The van der Waals surface area contributed by atoms with E-state index in [1.54, 1.807) is 4.31 Å². The molecule has 1 amide bonds. The van der Waals surface area contributed by atoms with Crippen molar-refractivity contribution in [2.75, 3.05) is 13.1 Å². The first-order chi connectivity index (χ1) is 12.4. The third-order valence-electron chi connectivity index (χ3n) is 5.60. The van der Waals surface area contributed by atoms with E-state index in [0.29, 0.717) is 32.0 Å². The average Bonchev–Trinajstić information content (AvgIpc) is 2.62. The molecule has 1 aromatic carbocycles. The van der Waals surface area contributed by atoms with E-state index in [4.69, 9.17) is 0 Å². The molecule has 0 unspecified atom stereocenters. The lowest BCUT2D eigenvalue weighted by atomic mass is 9.93. The number of aryl methyl sites for hydroxylation is 1. The van der Waals surface area contributed by atoms with E-state index in [9.17, 15) is 13.2 Å². The fraction of sp³-hybridized carbons (Fsp3) is 0.650. The summed E-state index contributed by atoms with van der Waals surface area (Å²) in [6.45, 7) is 2.85. The molecular weight excluding hydrogens is 348 g/mol. The van der Waals surface area contributed by atoms with Gasteiger partial charge in [0.15, 0.2) is 0 Å². The highest BCUT2D eigenvalue weighted by Crippen LogP contribution is 2.23. The minimum absolute atomic E-state index is 0.0353. The molecule has 1 saturated heterocycles. The first-order valence-electron chi connectivity index (χ1n) is 9.78. The number of nitrogens with one attached hydrogen (secondary N) is 1. The monoisotopic (exact) mass is 378 g/mol. The topological polar surface area (TPSA) is 66.5 Å². The summed E-state index contributed by atoms with van der Waals surface area (Å²) in [5.41, 5.74) is 1.89. The van der Waals surface area contributed by atoms with Crippen LogP contribution in [-0.4, -0.2) is 37.8 Å². The number of hydrogen-bond donors (Lipinski definition) is 1. The van der Waals surface area contributed by atoms with Gasteiger partial charge in [-0.15, -0.1) is 0 Å². The smallest absolute Gasteiger partial charge is 0.223 e. The molecule has 144 valence electrons. The fourth-order valence-electron chi connectivity index (χ4n) is 4.07. The standard InChI is InChI=1S/C20H30N2O3S/c1-16-6-5-7-17(14-16)15-26(24,25)22-12-10-18(11-13-22)20(23)21-19-8-3-2-4-9-19/h5-7,14,18-19H,2-4,8-13,15H2,1H3,(H,21,23). The van der Waals surface area contributed by atoms with Crippen molar-refractivity contribution in [2.45, 2.75) is 63.7 Å². The van der Waals surface area contributed by atoms with Gasteiger partial charge in [0.2, 0.25) is 15.9 Å². The Balaban J connectivity index is 1.51. The molecule has 0 atom stereocenters. The summed E-state index contributed by atoms with van der Waals surface area (Å²) in [5, 5.41) is 3.18. The van der Waals surface area contributed by atoms with E-state index in [2.05, 4.69) is 5.32 Å². The zero-order valence-electron chi connectivity index (χ0n) is 15.6. The van der Waals surface area contributed by atoms with Gasteiger partial charge in [0.05, 0.1) is 5.75 Å². The molecule has 2 fully saturated rings. The third kappa shape index (κ3) is 5.07. The van der Waals surface area contributed by atoms with Crippen molar-refractivity contribution < 1.29 is 13.2 Å². The maximum Gasteiger partial charge on any atom is 0.223 e. The summed E-state index contributed by atoms with van der Waals surface area (Å²) in [5.74, 6) is 0.100. The third-order valence-corrected chi connectivity index (χ3v) is 7.45. The first-order valence-corrected chi connectivity index (χ1v) is 11.4. The van der Waals surface area contributed by atoms with Crippen LogP contribution in [-0.2, 0) is 20.6 Å². The Morgan fingerprint density at radius 1 is 1.12 bits per heavy atom. The van der Waals surface area contributed by atoms with Gasteiger partial charge in [0.1, 0.15) is 0 Å². The first kappa shape index (κ1) is 19.4. The Labute approximate surface area is 157 Å². The summed E-state index contributed by atoms with van der Waals surface area (Å²) in [6.07, 6.45) is 7.05. The lowest BCUT2D eigenvalue weighted by Crippen LogP contribution is -2.45. The molecule has 0 spiro atoms. The molecule has 1 aliphatic heterocycles. The van der Waals surface area contributed by atoms with E-state index in [1.165, 1.54) is 19.3 Å². The number of rotatable bonds is 5. The van der Waals surface area contributed by atoms with Gasteiger partial charge in [-0.2, -0.15) is 0 Å². The normalized spacial score (nSPS) is 20.8. The number of nitrogens with zero attached hydrogens (tertiary/aromatic N) is 1. The highest BCUT2D eigenvalue weighted by atomic mass is 32.2. The van der Waals surface area contributed by atoms with Crippen molar-refractivity contribution in [3.63, 3.8) is 0 Å². The molecular formula is C20H30N2O3S. The maximum absolute atomic E-state index is 12.7. The van der Waals surface area contributed by atoms with Crippen molar-refractivity contribution in [3.05, 3.63) is 35.4 Å². The van der Waals surface area contributed by atoms with E-state index in [0.717, 1.165) is 24.0 Å². The number of sulfonamides is 1. The van der Waals surface area contributed by atoms with Crippen molar-refractivity contribution >= 4 is 15.9 Å². The van der Waals surface area contributed by atoms with Crippen molar-refractivity contribution in [1.82, 2.24) is 9.62 Å². The highest BCUT2D eigenvalue weighted by molar-refractivity contribution is 7.88. The summed E-state index contributed by atoms with van der Waals surface area (Å²) in [6, 6.07) is 7.95. The SMILES string of the molecule is Cc1cccc(CS(=O)(=O)N2CCC(C(=O)NC3CCCCC3)CC2)c1. The predicted molar refractivity (Wildman–Crippen MR) is 103 cm³/mol. The second-order valence-corrected chi connectivity index (χ2v) is 9.73. The van der Waals surface area contributed by atoms with E-state index in [1.807, 2.05) is 31.2 Å². The Morgan fingerprint density at radius 2 is 1.81 bits per heavy atom. The Kier molecular flexibility index (Phi) is 6.35. The van der Waals surface area contributed by atoms with Crippen LogP contribution in [0.4, 0.5) is 0 Å². The van der Waals surface area contributed by atoms with Crippen LogP contribution in [0, 0.1) is 12.8 Å². The molecule has 0 bridgehead atoms. The van der Waals surface area contributed by atoms with Crippen LogP contribution in [0.2, 0.25) is 0 Å². The summed E-state index contributed by atoms with van der Waals surface area (Å²) < 4.78 is 26.9. The lowest BCUT2D eigenvalue weighted by Gasteiger charge is -2.32. The van der Waals surface area contributed by atoms with Crippen LogP contribution in [0.3, 0.4) is 0 Å². The number of amides is 1. The molecule has 1 heterocycles. The summed E-state index contributed by atoms with van der Waals surface area (Å²) >= 11 is 0. The van der Waals surface area contributed by atoms with Gasteiger partial charge in [-0.3, -0.25) is 4.79 Å². The molecule has 0 aromatic heterocycles. The molecule has 0 radical (unpaired) electrons. The average molecular weight is 379 g/mol. The van der Waals surface area contributed by atoms with E-state index in [-0.39, 0.29) is 17.6 Å². The zero-order chi connectivity index (χ0) is 18.6. The molecule has 2 aliphatic rings. The highest BCUT2D eigenvalue weighted by Gasteiger charge is 2.32. The predicted octanol–water partition coefficient (Wildman–Crippen LogP) is 2.99. The van der Waals surface area contributed by atoms with E-state index >= 15 is 0 Å². The molecule has 1 aliphatic carbocycles. The Hall–Kier alpha value is -1.40. The molecule has 5 nitrogen and oxygen atoms in total. The van der Waals surface area contributed by atoms with Crippen molar-refractivity contribution in [1.29, 1.82) is 0 Å². The summed E-state index contributed by atoms with van der Waals surface area (Å²) in [4.78, 5) is 12.5.